The lowest BCUT2D eigenvalue weighted by molar-refractivity contribution is -0.118. The van der Waals surface area contributed by atoms with Crippen LogP contribution in [0.4, 0.5) is 5.69 Å². The zero-order chi connectivity index (χ0) is 17.9. The Balaban J connectivity index is 1.71. The van der Waals surface area contributed by atoms with Crippen molar-refractivity contribution in [2.75, 3.05) is 5.32 Å². The second kappa shape index (κ2) is 7.30. The molecule has 2 aromatic carbocycles. The molecule has 1 aliphatic rings. The van der Waals surface area contributed by atoms with Gasteiger partial charge in [0.2, 0.25) is 15.9 Å². The molecule has 1 saturated heterocycles. The molecule has 3 rings (SSSR count). The van der Waals surface area contributed by atoms with E-state index in [1.54, 1.807) is 36.4 Å². The molecular weight excluding hydrogens is 342 g/mol. The molecule has 0 bridgehead atoms. The van der Waals surface area contributed by atoms with Gasteiger partial charge in [-0.2, -0.15) is 10.3 Å². The third kappa shape index (κ3) is 4.21. The van der Waals surface area contributed by atoms with Crippen molar-refractivity contribution in [1.29, 1.82) is 0 Å². The largest absolute Gasteiger partial charge is 0.325 e. The van der Waals surface area contributed by atoms with E-state index in [1.807, 2.05) is 13.0 Å². The number of carbonyl (C=O) groups is 1. The van der Waals surface area contributed by atoms with Crippen LogP contribution in [-0.4, -0.2) is 26.5 Å². The SMILES string of the molecule is Cc1ccc(S(=O)(=O)NC2NNNC2C(=O)Nc2ccccc2)cc1. The number of hydrazine groups is 2. The number of aryl methyl sites for hydroxylation is 1. The van der Waals surface area contributed by atoms with E-state index in [9.17, 15) is 13.2 Å². The highest BCUT2D eigenvalue weighted by Crippen LogP contribution is 2.12. The molecule has 0 radical (unpaired) electrons. The van der Waals surface area contributed by atoms with Gasteiger partial charge in [-0.1, -0.05) is 35.9 Å². The fraction of sp³-hybridized carbons (Fsp3) is 0.188. The average Bonchev–Trinajstić information content (AvgIpc) is 3.03. The number of rotatable bonds is 5. The Morgan fingerprint density at radius 3 is 2.36 bits per heavy atom. The van der Waals surface area contributed by atoms with E-state index < -0.39 is 22.2 Å². The van der Waals surface area contributed by atoms with Crippen LogP contribution < -0.4 is 26.4 Å². The predicted octanol–water partition coefficient (Wildman–Crippen LogP) is 0.219. The third-order valence-corrected chi connectivity index (χ3v) is 5.18. The molecule has 9 heteroatoms. The summed E-state index contributed by atoms with van der Waals surface area (Å²) < 4.78 is 27.5. The molecule has 0 aliphatic carbocycles. The molecule has 1 amide bonds. The predicted molar refractivity (Wildman–Crippen MR) is 93.6 cm³/mol. The Hall–Kier alpha value is -2.30. The number of benzene rings is 2. The Morgan fingerprint density at radius 2 is 1.68 bits per heavy atom. The summed E-state index contributed by atoms with van der Waals surface area (Å²) in [4.78, 5) is 12.5. The lowest BCUT2D eigenvalue weighted by Gasteiger charge is -2.19. The highest BCUT2D eigenvalue weighted by atomic mass is 32.2. The number of carbonyl (C=O) groups excluding carboxylic acids is 1. The number of hydrogen-bond donors (Lipinski definition) is 5. The first-order valence-electron chi connectivity index (χ1n) is 7.67. The molecule has 25 heavy (non-hydrogen) atoms. The van der Waals surface area contributed by atoms with E-state index in [0.29, 0.717) is 5.69 Å². The highest BCUT2D eigenvalue weighted by molar-refractivity contribution is 7.89. The van der Waals surface area contributed by atoms with E-state index >= 15 is 0 Å². The first-order chi connectivity index (χ1) is 12.0. The van der Waals surface area contributed by atoms with Crippen molar-refractivity contribution in [3.63, 3.8) is 0 Å². The second-order valence-corrected chi connectivity index (χ2v) is 7.37. The van der Waals surface area contributed by atoms with Gasteiger partial charge in [-0.15, -0.1) is 0 Å². The van der Waals surface area contributed by atoms with Crippen LogP contribution in [0.25, 0.3) is 0 Å². The van der Waals surface area contributed by atoms with Gasteiger partial charge in [0.15, 0.2) is 0 Å². The Labute approximate surface area is 146 Å². The van der Waals surface area contributed by atoms with Crippen LogP contribution in [-0.2, 0) is 14.8 Å². The molecule has 1 aliphatic heterocycles. The van der Waals surface area contributed by atoms with Gasteiger partial charge in [0.1, 0.15) is 12.2 Å². The molecule has 0 spiro atoms. The maximum absolute atomic E-state index is 12.5. The van der Waals surface area contributed by atoms with Crippen molar-refractivity contribution in [2.24, 2.45) is 0 Å². The van der Waals surface area contributed by atoms with Crippen LogP contribution >= 0.6 is 0 Å². The van der Waals surface area contributed by atoms with Gasteiger partial charge in [0, 0.05) is 5.69 Å². The van der Waals surface area contributed by atoms with Gasteiger partial charge in [-0.25, -0.2) is 19.3 Å². The summed E-state index contributed by atoms with van der Waals surface area (Å²) in [6.45, 7) is 1.88. The molecule has 1 fully saturated rings. The van der Waals surface area contributed by atoms with Gasteiger partial charge in [-0.3, -0.25) is 4.79 Å². The van der Waals surface area contributed by atoms with Gasteiger partial charge in [0.05, 0.1) is 4.90 Å². The maximum Gasteiger partial charge on any atom is 0.246 e. The van der Waals surface area contributed by atoms with Crippen molar-refractivity contribution in [2.45, 2.75) is 24.0 Å². The van der Waals surface area contributed by atoms with Gasteiger partial charge >= 0.3 is 0 Å². The maximum atomic E-state index is 12.5. The summed E-state index contributed by atoms with van der Waals surface area (Å²) >= 11 is 0. The zero-order valence-corrected chi connectivity index (χ0v) is 14.3. The van der Waals surface area contributed by atoms with Crippen LogP contribution in [0.3, 0.4) is 0 Å². The topological polar surface area (TPSA) is 111 Å². The van der Waals surface area contributed by atoms with Crippen molar-refractivity contribution in [3.05, 3.63) is 60.2 Å². The molecule has 0 saturated carbocycles. The first-order valence-corrected chi connectivity index (χ1v) is 9.15. The Kier molecular flexibility index (Phi) is 5.11. The Bertz CT molecular complexity index is 840. The van der Waals surface area contributed by atoms with Crippen LogP contribution in [0.15, 0.2) is 59.5 Å². The smallest absolute Gasteiger partial charge is 0.246 e. The normalized spacial score (nSPS) is 20.4. The summed E-state index contributed by atoms with van der Waals surface area (Å²) in [5.74, 6) is -0.375. The monoisotopic (exact) mass is 361 g/mol. The van der Waals surface area contributed by atoms with Crippen molar-refractivity contribution in [1.82, 2.24) is 21.1 Å². The molecular formula is C16H19N5O3S. The van der Waals surface area contributed by atoms with Crippen molar-refractivity contribution < 1.29 is 13.2 Å². The van der Waals surface area contributed by atoms with Crippen molar-refractivity contribution >= 4 is 21.6 Å². The number of sulfonamides is 1. The molecule has 132 valence electrons. The van der Waals surface area contributed by atoms with Crippen LogP contribution in [0, 0.1) is 6.92 Å². The summed E-state index contributed by atoms with van der Waals surface area (Å²) in [6, 6.07) is 14.6. The molecule has 1 heterocycles. The number of anilines is 1. The summed E-state index contributed by atoms with van der Waals surface area (Å²) in [6.07, 6.45) is -0.852. The number of nitrogens with one attached hydrogen (secondary N) is 5. The fourth-order valence-corrected chi connectivity index (χ4v) is 3.53. The minimum atomic E-state index is -3.77. The van der Waals surface area contributed by atoms with Gasteiger partial charge in [-0.05, 0) is 31.2 Å². The van der Waals surface area contributed by atoms with Crippen molar-refractivity contribution in [3.8, 4) is 0 Å². The van der Waals surface area contributed by atoms with Crippen LogP contribution in [0.2, 0.25) is 0 Å². The minimum Gasteiger partial charge on any atom is -0.325 e. The Morgan fingerprint density at radius 1 is 1.00 bits per heavy atom. The number of hydrogen-bond acceptors (Lipinski definition) is 6. The third-order valence-electron chi connectivity index (χ3n) is 3.73. The number of para-hydroxylation sites is 1. The first kappa shape index (κ1) is 17.5. The van der Waals surface area contributed by atoms with Gasteiger partial charge in [0.25, 0.3) is 0 Å². The summed E-state index contributed by atoms with van der Waals surface area (Å²) in [7, 11) is -3.77. The molecule has 0 aromatic heterocycles. The molecule has 8 nitrogen and oxygen atoms in total. The molecule has 2 aromatic rings. The molecule has 2 unspecified atom stereocenters. The standard InChI is InChI=1S/C16H19N5O3S/c1-11-7-9-13(10-8-11)25(23,24)20-15-14(18-21-19-15)16(22)17-12-5-3-2-4-6-12/h2-10,14-15,18-21H,1H3,(H,17,22). The van der Waals surface area contributed by atoms with Crippen LogP contribution in [0.1, 0.15) is 5.56 Å². The highest BCUT2D eigenvalue weighted by Gasteiger charge is 2.35. The van der Waals surface area contributed by atoms with E-state index in [2.05, 4.69) is 26.4 Å². The minimum absolute atomic E-state index is 0.133. The van der Waals surface area contributed by atoms with Gasteiger partial charge < -0.3 is 5.32 Å². The second-order valence-electron chi connectivity index (χ2n) is 5.66. The van der Waals surface area contributed by atoms with E-state index in [-0.39, 0.29) is 10.8 Å². The zero-order valence-electron chi connectivity index (χ0n) is 13.5. The molecule has 5 N–H and O–H groups in total. The summed E-state index contributed by atoms with van der Waals surface area (Å²) in [5.41, 5.74) is 9.58. The van der Waals surface area contributed by atoms with E-state index in [1.165, 1.54) is 12.1 Å². The van der Waals surface area contributed by atoms with Crippen LogP contribution in [0.5, 0.6) is 0 Å². The number of amides is 1. The van der Waals surface area contributed by atoms with E-state index in [4.69, 9.17) is 0 Å². The fourth-order valence-electron chi connectivity index (χ4n) is 2.37. The lowest BCUT2D eigenvalue weighted by Crippen LogP contribution is -2.53. The molecule has 2 atom stereocenters. The van der Waals surface area contributed by atoms with E-state index in [0.717, 1.165) is 5.56 Å². The average molecular weight is 361 g/mol. The quantitative estimate of drug-likeness (QED) is 0.521. The summed E-state index contributed by atoms with van der Waals surface area (Å²) in [5, 5.41) is 2.73. The lowest BCUT2D eigenvalue weighted by atomic mass is 10.2.